The van der Waals surface area contributed by atoms with Crippen LogP contribution in [0.2, 0.25) is 0 Å². The lowest BCUT2D eigenvalue weighted by Crippen LogP contribution is -2.30. The molecule has 1 aromatic heterocycles. The summed E-state index contributed by atoms with van der Waals surface area (Å²) in [5.41, 5.74) is 0.181. The van der Waals surface area contributed by atoms with Crippen molar-refractivity contribution in [3.8, 4) is 29.6 Å². The first-order valence-corrected chi connectivity index (χ1v) is 8.28. The van der Waals surface area contributed by atoms with Crippen molar-refractivity contribution in [2.75, 3.05) is 19.0 Å². The predicted octanol–water partition coefficient (Wildman–Crippen LogP) is 1.53. The molecule has 0 bridgehead atoms. The molecule has 3 rings (SSSR count). The normalized spacial score (nSPS) is 14.5. The van der Waals surface area contributed by atoms with Crippen molar-refractivity contribution in [2.45, 2.75) is 6.29 Å². The first-order chi connectivity index (χ1) is 13.9. The van der Waals surface area contributed by atoms with Crippen LogP contribution in [0.15, 0.2) is 36.2 Å². The number of nitrogens with one attached hydrogen (secondary N) is 1. The Morgan fingerprint density at radius 2 is 2.17 bits per heavy atom. The zero-order valence-electron chi connectivity index (χ0n) is 15.2. The first kappa shape index (κ1) is 19.7. The van der Waals surface area contributed by atoms with Crippen LogP contribution in [0.4, 0.5) is 5.69 Å². The van der Waals surface area contributed by atoms with Gasteiger partial charge in [0.05, 0.1) is 18.4 Å². The highest BCUT2D eigenvalue weighted by Gasteiger charge is 2.28. The molecule has 0 radical (unpaired) electrons. The molecule has 9 heteroatoms. The van der Waals surface area contributed by atoms with Gasteiger partial charge in [0.15, 0.2) is 11.5 Å². The molecule has 148 valence electrons. The van der Waals surface area contributed by atoms with Crippen LogP contribution in [-0.2, 0) is 4.79 Å². The number of benzene rings is 1. The van der Waals surface area contributed by atoms with Gasteiger partial charge < -0.3 is 29.7 Å². The number of aliphatic hydroxyl groups excluding tert-OH is 1. The molecule has 1 atom stereocenters. The van der Waals surface area contributed by atoms with E-state index in [1.165, 1.54) is 31.5 Å². The van der Waals surface area contributed by atoms with Gasteiger partial charge in [-0.05, 0) is 18.2 Å². The number of pyridine rings is 1. The number of aromatic carboxylic acids is 1. The van der Waals surface area contributed by atoms with Crippen molar-refractivity contribution >= 4 is 23.6 Å². The van der Waals surface area contributed by atoms with Crippen molar-refractivity contribution in [2.24, 2.45) is 0 Å². The zero-order valence-corrected chi connectivity index (χ0v) is 15.2. The Balaban J connectivity index is 1.92. The lowest BCUT2D eigenvalue weighted by Gasteiger charge is -2.24. The topological polar surface area (TPSA) is 127 Å². The van der Waals surface area contributed by atoms with E-state index < -0.39 is 18.2 Å². The zero-order chi connectivity index (χ0) is 21.0. The quantitative estimate of drug-likeness (QED) is 0.628. The van der Waals surface area contributed by atoms with Crippen LogP contribution in [0, 0.1) is 12.3 Å². The van der Waals surface area contributed by atoms with E-state index in [-0.39, 0.29) is 29.2 Å². The molecule has 0 saturated carbocycles. The summed E-state index contributed by atoms with van der Waals surface area (Å²) >= 11 is 0. The number of carbonyl (C=O) groups excluding carboxylic acids is 1. The van der Waals surface area contributed by atoms with Crippen molar-refractivity contribution in [1.29, 1.82) is 0 Å². The number of fused-ring (bicyclic) bond motifs is 1. The van der Waals surface area contributed by atoms with Gasteiger partial charge in [-0.15, -0.1) is 6.42 Å². The van der Waals surface area contributed by atoms with Crippen LogP contribution in [-0.4, -0.2) is 47.1 Å². The van der Waals surface area contributed by atoms with Crippen LogP contribution in [0.5, 0.6) is 17.2 Å². The monoisotopic (exact) mass is 396 g/mol. The standard InChI is InChI=1S/C20H16N2O7/c1-3-6-28-17-9-15-11(8-16(17)27-2)7-12(20(26)29-15)18(23)22-14-4-5-21-10-13(14)19(24)25/h1,4-5,7-10,20,26H,6H2,2H3,(H,24,25)(H,21,22,23). The number of aromatic nitrogens is 1. The Morgan fingerprint density at radius 3 is 2.86 bits per heavy atom. The smallest absolute Gasteiger partial charge is 0.339 e. The van der Waals surface area contributed by atoms with Gasteiger partial charge >= 0.3 is 5.97 Å². The fraction of sp³-hybridized carbons (Fsp3) is 0.150. The molecule has 0 aliphatic carbocycles. The molecule has 1 amide bonds. The summed E-state index contributed by atoms with van der Waals surface area (Å²) in [4.78, 5) is 27.6. The average Bonchev–Trinajstić information content (AvgIpc) is 2.71. The Kier molecular flexibility index (Phi) is 5.66. The molecule has 0 fully saturated rings. The molecular formula is C20H16N2O7. The number of anilines is 1. The van der Waals surface area contributed by atoms with Gasteiger partial charge in [0.1, 0.15) is 17.9 Å². The third kappa shape index (κ3) is 4.12. The lowest BCUT2D eigenvalue weighted by atomic mass is 10.0. The number of hydrogen-bond donors (Lipinski definition) is 3. The highest BCUT2D eigenvalue weighted by atomic mass is 16.6. The number of amides is 1. The van der Waals surface area contributed by atoms with E-state index in [1.807, 2.05) is 0 Å². The van der Waals surface area contributed by atoms with Crippen LogP contribution in [0.25, 0.3) is 6.08 Å². The Hall–Kier alpha value is -4.03. The lowest BCUT2D eigenvalue weighted by molar-refractivity contribution is -0.115. The summed E-state index contributed by atoms with van der Waals surface area (Å²) in [6.07, 6.45) is 7.47. The minimum atomic E-state index is -1.58. The van der Waals surface area contributed by atoms with Gasteiger partial charge in [0.2, 0.25) is 6.29 Å². The van der Waals surface area contributed by atoms with E-state index in [1.54, 1.807) is 6.07 Å². The molecule has 9 nitrogen and oxygen atoms in total. The van der Waals surface area contributed by atoms with Crippen molar-refractivity contribution in [1.82, 2.24) is 4.98 Å². The Bertz CT molecular complexity index is 1040. The highest BCUT2D eigenvalue weighted by molar-refractivity contribution is 6.10. The SMILES string of the molecule is C#CCOc1cc2c(cc1OC)C=C(C(=O)Nc1ccncc1C(=O)O)C(O)O2. The number of carboxylic acids is 1. The number of rotatable bonds is 6. The summed E-state index contributed by atoms with van der Waals surface area (Å²) in [5.74, 6) is 1.29. The summed E-state index contributed by atoms with van der Waals surface area (Å²) in [7, 11) is 1.44. The number of aliphatic hydroxyl groups is 1. The number of ether oxygens (including phenoxy) is 3. The molecule has 29 heavy (non-hydrogen) atoms. The molecule has 1 aliphatic heterocycles. The molecule has 1 unspecified atom stereocenters. The van der Waals surface area contributed by atoms with Gasteiger partial charge in [-0.25, -0.2) is 4.79 Å². The summed E-state index contributed by atoms with van der Waals surface area (Å²) in [6.45, 7) is 0.0129. The van der Waals surface area contributed by atoms with Gasteiger partial charge in [-0.1, -0.05) is 5.92 Å². The number of carboxylic acid groups (broad SMARTS) is 1. The van der Waals surface area contributed by atoms with E-state index in [0.29, 0.717) is 17.1 Å². The summed E-state index contributed by atoms with van der Waals surface area (Å²) in [5, 5.41) is 21.9. The maximum atomic E-state index is 12.6. The van der Waals surface area contributed by atoms with Crippen molar-refractivity contribution < 1.29 is 34.0 Å². The summed E-state index contributed by atoms with van der Waals surface area (Å²) < 4.78 is 16.0. The minimum absolute atomic E-state index is 0.0129. The van der Waals surface area contributed by atoms with E-state index >= 15 is 0 Å². The number of methoxy groups -OCH3 is 1. The molecule has 1 aromatic carbocycles. The second kappa shape index (κ2) is 8.33. The van der Waals surface area contributed by atoms with E-state index in [2.05, 4.69) is 16.2 Å². The maximum absolute atomic E-state index is 12.6. The van der Waals surface area contributed by atoms with Crippen LogP contribution < -0.4 is 19.5 Å². The van der Waals surface area contributed by atoms with Crippen molar-refractivity contribution in [3.05, 3.63) is 47.3 Å². The third-order valence-corrected chi connectivity index (χ3v) is 3.98. The fourth-order valence-electron chi connectivity index (χ4n) is 2.63. The van der Waals surface area contributed by atoms with Gasteiger partial charge in [0.25, 0.3) is 5.91 Å². The molecule has 3 N–H and O–H groups in total. The highest BCUT2D eigenvalue weighted by Crippen LogP contribution is 2.39. The van der Waals surface area contributed by atoms with Gasteiger partial charge in [-0.3, -0.25) is 9.78 Å². The third-order valence-electron chi connectivity index (χ3n) is 3.98. The minimum Gasteiger partial charge on any atom is -0.493 e. The number of hydrogen-bond acceptors (Lipinski definition) is 7. The summed E-state index contributed by atoms with van der Waals surface area (Å²) in [6, 6.07) is 4.39. The maximum Gasteiger partial charge on any atom is 0.339 e. The largest absolute Gasteiger partial charge is 0.493 e. The molecule has 0 saturated heterocycles. The Morgan fingerprint density at radius 1 is 1.38 bits per heavy atom. The number of terminal acetylenes is 1. The molecular weight excluding hydrogens is 380 g/mol. The molecule has 2 heterocycles. The van der Waals surface area contributed by atoms with E-state index in [4.69, 9.17) is 20.6 Å². The van der Waals surface area contributed by atoms with Crippen molar-refractivity contribution in [3.63, 3.8) is 0 Å². The Labute approximate surface area is 165 Å². The molecule has 2 aromatic rings. The van der Waals surface area contributed by atoms with Crippen LogP contribution in [0.1, 0.15) is 15.9 Å². The van der Waals surface area contributed by atoms with E-state index in [0.717, 1.165) is 6.20 Å². The second-order valence-electron chi connectivity index (χ2n) is 5.78. The van der Waals surface area contributed by atoms with Gasteiger partial charge in [-0.2, -0.15) is 0 Å². The fourth-order valence-corrected chi connectivity index (χ4v) is 2.63. The van der Waals surface area contributed by atoms with E-state index in [9.17, 15) is 19.8 Å². The number of nitrogens with zero attached hydrogens (tertiary/aromatic N) is 1. The number of carbonyl (C=O) groups is 2. The second-order valence-corrected chi connectivity index (χ2v) is 5.78. The first-order valence-electron chi connectivity index (χ1n) is 8.28. The molecule has 1 aliphatic rings. The average molecular weight is 396 g/mol. The van der Waals surface area contributed by atoms with Crippen LogP contribution >= 0.6 is 0 Å². The van der Waals surface area contributed by atoms with Crippen LogP contribution in [0.3, 0.4) is 0 Å². The predicted molar refractivity (Wildman–Crippen MR) is 102 cm³/mol. The molecule has 0 spiro atoms. The van der Waals surface area contributed by atoms with Gasteiger partial charge in [0, 0.05) is 24.0 Å².